The molecule has 1 aromatic heterocycles. The molecule has 0 radical (unpaired) electrons. The predicted octanol–water partition coefficient (Wildman–Crippen LogP) is 3.24. The summed E-state index contributed by atoms with van der Waals surface area (Å²) in [4.78, 5) is 12.0. The first-order valence-electron chi connectivity index (χ1n) is 6.65. The van der Waals surface area contributed by atoms with E-state index in [1.54, 1.807) is 11.6 Å². The smallest absolute Gasteiger partial charge is 0.361 e. The second kappa shape index (κ2) is 5.85. The number of hydrogen-bond acceptors (Lipinski definition) is 4. The highest BCUT2D eigenvalue weighted by atomic mass is 35.5. The van der Waals surface area contributed by atoms with Gasteiger partial charge >= 0.3 is 5.97 Å². The normalized spacial score (nSPS) is 11.5. The number of rotatable bonds is 3. The molecule has 21 heavy (non-hydrogen) atoms. The highest BCUT2D eigenvalue weighted by Gasteiger charge is 2.23. The van der Waals surface area contributed by atoms with Crippen molar-refractivity contribution in [2.75, 3.05) is 0 Å². The van der Waals surface area contributed by atoms with E-state index in [9.17, 15) is 4.79 Å². The molecular weight excluding hydrogens is 290 g/mol. The highest BCUT2D eigenvalue weighted by molar-refractivity contribution is 6.31. The van der Waals surface area contributed by atoms with E-state index in [0.717, 1.165) is 5.56 Å². The lowest BCUT2D eigenvalue weighted by Crippen LogP contribution is -2.24. The standard InChI is InChI=1S/C15H18ClN3O2/c1-10-13(14(20)21-15(2,3)4)17-18-19(10)9-11-7-5-6-8-12(11)16/h5-8H,9H2,1-4H3. The SMILES string of the molecule is Cc1c(C(=O)OC(C)(C)C)nnn1Cc1ccccc1Cl. The molecule has 0 saturated heterocycles. The Morgan fingerprint density at radius 3 is 2.62 bits per heavy atom. The topological polar surface area (TPSA) is 57.0 Å². The van der Waals surface area contributed by atoms with Crippen molar-refractivity contribution in [2.24, 2.45) is 0 Å². The van der Waals surface area contributed by atoms with Gasteiger partial charge in [0.05, 0.1) is 12.2 Å². The van der Waals surface area contributed by atoms with Crippen molar-refractivity contribution in [3.8, 4) is 0 Å². The highest BCUT2D eigenvalue weighted by Crippen LogP contribution is 2.18. The number of benzene rings is 1. The summed E-state index contributed by atoms with van der Waals surface area (Å²) >= 11 is 6.13. The number of halogens is 1. The van der Waals surface area contributed by atoms with Crippen LogP contribution in [0.1, 0.15) is 42.5 Å². The fourth-order valence-corrected chi connectivity index (χ4v) is 2.01. The lowest BCUT2D eigenvalue weighted by Gasteiger charge is -2.18. The molecule has 6 heteroatoms. The van der Waals surface area contributed by atoms with E-state index in [2.05, 4.69) is 10.3 Å². The van der Waals surface area contributed by atoms with Crippen LogP contribution >= 0.6 is 11.6 Å². The minimum absolute atomic E-state index is 0.233. The van der Waals surface area contributed by atoms with Crippen LogP contribution < -0.4 is 0 Å². The second-order valence-electron chi connectivity index (χ2n) is 5.77. The van der Waals surface area contributed by atoms with Gasteiger partial charge in [-0.15, -0.1) is 5.10 Å². The Morgan fingerprint density at radius 2 is 2.00 bits per heavy atom. The van der Waals surface area contributed by atoms with Crippen molar-refractivity contribution < 1.29 is 9.53 Å². The minimum Gasteiger partial charge on any atom is -0.455 e. The lowest BCUT2D eigenvalue weighted by atomic mass is 10.2. The maximum Gasteiger partial charge on any atom is 0.361 e. The average molecular weight is 308 g/mol. The van der Waals surface area contributed by atoms with Gasteiger partial charge in [0.25, 0.3) is 0 Å². The van der Waals surface area contributed by atoms with Crippen molar-refractivity contribution in [3.05, 3.63) is 46.2 Å². The number of carbonyl (C=O) groups is 1. The van der Waals surface area contributed by atoms with E-state index in [1.165, 1.54) is 0 Å². The zero-order valence-electron chi connectivity index (χ0n) is 12.6. The molecule has 0 atom stereocenters. The zero-order valence-corrected chi connectivity index (χ0v) is 13.3. The molecule has 0 aliphatic rings. The number of esters is 1. The van der Waals surface area contributed by atoms with Gasteiger partial charge < -0.3 is 4.74 Å². The van der Waals surface area contributed by atoms with Crippen molar-refractivity contribution >= 4 is 17.6 Å². The van der Waals surface area contributed by atoms with Crippen LogP contribution in [0.4, 0.5) is 0 Å². The monoisotopic (exact) mass is 307 g/mol. The van der Waals surface area contributed by atoms with Crippen LogP contribution in [0, 0.1) is 6.92 Å². The van der Waals surface area contributed by atoms with Crippen LogP contribution in [0.15, 0.2) is 24.3 Å². The molecule has 1 heterocycles. The third kappa shape index (κ3) is 3.82. The molecule has 0 fully saturated rings. The van der Waals surface area contributed by atoms with E-state index in [4.69, 9.17) is 16.3 Å². The first-order chi connectivity index (χ1) is 9.78. The molecule has 112 valence electrons. The maximum atomic E-state index is 12.0. The van der Waals surface area contributed by atoms with Crippen molar-refractivity contribution in [3.63, 3.8) is 0 Å². The number of ether oxygens (including phenoxy) is 1. The van der Waals surface area contributed by atoms with Gasteiger partial charge in [-0.2, -0.15) is 0 Å². The Labute approximate surface area is 128 Å². The Bertz CT molecular complexity index is 659. The van der Waals surface area contributed by atoms with Gasteiger partial charge in [0.15, 0.2) is 5.69 Å². The quantitative estimate of drug-likeness (QED) is 0.817. The van der Waals surface area contributed by atoms with Gasteiger partial charge in [-0.05, 0) is 39.3 Å². The van der Waals surface area contributed by atoms with E-state index < -0.39 is 11.6 Å². The minimum atomic E-state index is -0.559. The van der Waals surface area contributed by atoms with Crippen molar-refractivity contribution in [1.82, 2.24) is 15.0 Å². The molecule has 0 saturated carbocycles. The summed E-state index contributed by atoms with van der Waals surface area (Å²) in [5, 5.41) is 8.59. The number of hydrogen-bond donors (Lipinski definition) is 0. The Balaban J connectivity index is 2.21. The largest absolute Gasteiger partial charge is 0.455 e. The van der Waals surface area contributed by atoms with Crippen molar-refractivity contribution in [2.45, 2.75) is 39.8 Å². The van der Waals surface area contributed by atoms with Gasteiger partial charge in [-0.1, -0.05) is 35.0 Å². The fourth-order valence-electron chi connectivity index (χ4n) is 1.81. The van der Waals surface area contributed by atoms with E-state index in [-0.39, 0.29) is 5.69 Å². The van der Waals surface area contributed by atoms with Gasteiger partial charge in [-0.3, -0.25) is 0 Å². The average Bonchev–Trinajstić information content (AvgIpc) is 2.72. The van der Waals surface area contributed by atoms with Gasteiger partial charge in [0.1, 0.15) is 5.60 Å². The second-order valence-corrected chi connectivity index (χ2v) is 6.18. The summed E-state index contributed by atoms with van der Waals surface area (Å²) in [5.41, 5.74) is 1.25. The molecule has 0 spiro atoms. The molecule has 5 nitrogen and oxygen atoms in total. The molecule has 2 aromatic rings. The van der Waals surface area contributed by atoms with E-state index in [1.807, 2.05) is 45.0 Å². The van der Waals surface area contributed by atoms with Crippen LogP contribution in [-0.4, -0.2) is 26.6 Å². The number of nitrogens with zero attached hydrogens (tertiary/aromatic N) is 3. The third-order valence-corrected chi connectivity index (χ3v) is 3.22. The predicted molar refractivity (Wildman–Crippen MR) is 80.5 cm³/mol. The Hall–Kier alpha value is -1.88. The van der Waals surface area contributed by atoms with Crippen LogP contribution in [-0.2, 0) is 11.3 Å². The summed E-state index contributed by atoms with van der Waals surface area (Å²) in [6.45, 7) is 7.69. The molecule has 0 aliphatic heterocycles. The van der Waals surface area contributed by atoms with Crippen LogP contribution in [0.5, 0.6) is 0 Å². The van der Waals surface area contributed by atoms with Gasteiger partial charge in [0.2, 0.25) is 0 Å². The number of aromatic nitrogens is 3. The molecular formula is C15H18ClN3O2. The third-order valence-electron chi connectivity index (χ3n) is 2.85. The summed E-state index contributed by atoms with van der Waals surface area (Å²) < 4.78 is 6.95. The molecule has 0 aliphatic carbocycles. The molecule has 0 amide bonds. The molecule has 0 unspecified atom stereocenters. The maximum absolute atomic E-state index is 12.0. The Morgan fingerprint density at radius 1 is 1.33 bits per heavy atom. The lowest BCUT2D eigenvalue weighted by molar-refractivity contribution is 0.00619. The first kappa shape index (κ1) is 15.5. The van der Waals surface area contributed by atoms with E-state index in [0.29, 0.717) is 17.3 Å². The van der Waals surface area contributed by atoms with Crippen LogP contribution in [0.2, 0.25) is 5.02 Å². The van der Waals surface area contributed by atoms with Gasteiger partial charge in [-0.25, -0.2) is 9.48 Å². The summed E-state index contributed by atoms with van der Waals surface area (Å²) in [7, 11) is 0. The summed E-state index contributed by atoms with van der Waals surface area (Å²) in [6.07, 6.45) is 0. The first-order valence-corrected chi connectivity index (χ1v) is 7.02. The molecule has 0 N–H and O–H groups in total. The van der Waals surface area contributed by atoms with E-state index >= 15 is 0 Å². The van der Waals surface area contributed by atoms with Crippen molar-refractivity contribution in [1.29, 1.82) is 0 Å². The Kier molecular flexibility index (Phi) is 4.32. The number of carbonyl (C=O) groups excluding carboxylic acids is 1. The van der Waals surface area contributed by atoms with Crippen LogP contribution in [0.3, 0.4) is 0 Å². The van der Waals surface area contributed by atoms with Gasteiger partial charge in [0, 0.05) is 5.02 Å². The van der Waals surface area contributed by atoms with Crippen LogP contribution in [0.25, 0.3) is 0 Å². The zero-order chi connectivity index (χ0) is 15.6. The molecule has 2 rings (SSSR count). The fraction of sp³-hybridized carbons (Fsp3) is 0.400. The molecule has 1 aromatic carbocycles. The summed E-state index contributed by atoms with van der Waals surface area (Å²) in [6, 6.07) is 7.50. The molecule has 0 bridgehead atoms. The summed E-state index contributed by atoms with van der Waals surface area (Å²) in [5.74, 6) is -0.467.